The number of fused-ring (bicyclic) bond motifs is 1. The maximum absolute atomic E-state index is 12.0. The van der Waals surface area contributed by atoms with E-state index in [1.54, 1.807) is 17.7 Å². The summed E-state index contributed by atoms with van der Waals surface area (Å²) in [5.74, 6) is -0.0848. The molecule has 1 aromatic carbocycles. The van der Waals surface area contributed by atoms with Crippen LogP contribution >= 0.6 is 11.3 Å². The summed E-state index contributed by atoms with van der Waals surface area (Å²) in [7, 11) is 0. The van der Waals surface area contributed by atoms with Crippen LogP contribution in [0.5, 0.6) is 0 Å². The molecule has 0 fully saturated rings. The number of nitrogens with two attached hydrogens (primary N) is 1. The second-order valence-electron chi connectivity index (χ2n) is 4.63. The first-order chi connectivity index (χ1) is 10.2. The van der Waals surface area contributed by atoms with Crippen LogP contribution in [0.3, 0.4) is 0 Å². The number of aromatic amines is 1. The molecule has 0 saturated carbocycles. The van der Waals surface area contributed by atoms with Gasteiger partial charge >= 0.3 is 0 Å². The molecule has 0 radical (unpaired) electrons. The van der Waals surface area contributed by atoms with Crippen molar-refractivity contribution in [3.63, 3.8) is 0 Å². The van der Waals surface area contributed by atoms with Gasteiger partial charge in [0, 0.05) is 17.5 Å². The third-order valence-electron chi connectivity index (χ3n) is 3.00. The second-order valence-corrected chi connectivity index (χ2v) is 5.57. The molecule has 0 bridgehead atoms. The predicted molar refractivity (Wildman–Crippen MR) is 83.3 cm³/mol. The lowest BCUT2D eigenvalue weighted by molar-refractivity contribution is -0.115. The number of hydrogen-bond donors (Lipinski definition) is 3. The van der Waals surface area contributed by atoms with Gasteiger partial charge in [-0.25, -0.2) is 9.97 Å². The predicted octanol–water partition coefficient (Wildman–Crippen LogP) is 1.70. The van der Waals surface area contributed by atoms with Crippen LogP contribution < -0.4 is 11.1 Å². The number of H-pyrrole nitrogens is 1. The minimum Gasteiger partial charge on any atom is -0.345 e. The van der Waals surface area contributed by atoms with Crippen LogP contribution in [-0.4, -0.2) is 27.4 Å². The summed E-state index contributed by atoms with van der Waals surface area (Å²) in [6, 6.07) is 5.56. The highest BCUT2D eigenvalue weighted by Gasteiger charge is 2.08. The molecule has 7 heteroatoms. The van der Waals surface area contributed by atoms with Crippen molar-refractivity contribution in [3.05, 3.63) is 40.6 Å². The van der Waals surface area contributed by atoms with E-state index in [1.807, 2.05) is 23.6 Å². The molecule has 1 amide bonds. The van der Waals surface area contributed by atoms with Gasteiger partial charge in [0.2, 0.25) is 5.91 Å². The van der Waals surface area contributed by atoms with Gasteiger partial charge in [0.25, 0.3) is 0 Å². The summed E-state index contributed by atoms with van der Waals surface area (Å²) in [4.78, 5) is 23.6. The number of aromatic nitrogens is 3. The average molecular weight is 301 g/mol. The molecule has 0 aliphatic heterocycles. The van der Waals surface area contributed by atoms with Gasteiger partial charge in [-0.2, -0.15) is 0 Å². The minimum absolute atomic E-state index is 0.0848. The fraction of sp³-hybridized carbons (Fsp3) is 0.214. The molecule has 0 unspecified atom stereocenters. The largest absolute Gasteiger partial charge is 0.345 e. The second kappa shape index (κ2) is 6.02. The number of carbonyl (C=O) groups excluding carboxylic acids is 1. The normalized spacial score (nSPS) is 10.9. The van der Waals surface area contributed by atoms with Gasteiger partial charge in [0.05, 0.1) is 34.5 Å². The highest BCUT2D eigenvalue weighted by molar-refractivity contribution is 7.09. The molecule has 21 heavy (non-hydrogen) atoms. The maximum atomic E-state index is 12.0. The highest BCUT2D eigenvalue weighted by Crippen LogP contribution is 2.16. The van der Waals surface area contributed by atoms with Gasteiger partial charge in [-0.1, -0.05) is 0 Å². The Bertz CT molecular complexity index is 763. The fourth-order valence-corrected chi connectivity index (χ4v) is 2.87. The Labute approximate surface area is 125 Å². The number of nitrogens with one attached hydrogen (secondary N) is 2. The zero-order valence-electron chi connectivity index (χ0n) is 11.3. The first-order valence-electron chi connectivity index (χ1n) is 6.61. The van der Waals surface area contributed by atoms with Crippen LogP contribution in [-0.2, 0) is 17.6 Å². The van der Waals surface area contributed by atoms with Crippen LogP contribution in [0.1, 0.15) is 10.7 Å². The maximum Gasteiger partial charge on any atom is 0.230 e. The Morgan fingerprint density at radius 1 is 1.43 bits per heavy atom. The molecule has 0 spiro atoms. The zero-order valence-corrected chi connectivity index (χ0v) is 12.1. The molecule has 3 aromatic rings. The summed E-state index contributed by atoms with van der Waals surface area (Å²) in [5.41, 5.74) is 8.78. The van der Waals surface area contributed by atoms with Crippen LogP contribution in [0.15, 0.2) is 29.9 Å². The van der Waals surface area contributed by atoms with E-state index in [9.17, 15) is 4.79 Å². The summed E-state index contributed by atoms with van der Waals surface area (Å²) in [5, 5.41) is 5.74. The Morgan fingerprint density at radius 2 is 2.33 bits per heavy atom. The summed E-state index contributed by atoms with van der Waals surface area (Å²) < 4.78 is 0. The van der Waals surface area contributed by atoms with Crippen molar-refractivity contribution in [1.29, 1.82) is 0 Å². The van der Waals surface area contributed by atoms with E-state index in [1.165, 1.54) is 0 Å². The molecular formula is C14H15N5OS. The van der Waals surface area contributed by atoms with Crippen molar-refractivity contribution in [1.82, 2.24) is 15.0 Å². The van der Waals surface area contributed by atoms with Crippen LogP contribution in [0.25, 0.3) is 11.0 Å². The lowest BCUT2D eigenvalue weighted by Gasteiger charge is -2.03. The van der Waals surface area contributed by atoms with E-state index < -0.39 is 0 Å². The Morgan fingerprint density at radius 3 is 3.19 bits per heavy atom. The molecular weight excluding hydrogens is 286 g/mol. The van der Waals surface area contributed by atoms with Crippen LogP contribution in [0, 0.1) is 0 Å². The van der Waals surface area contributed by atoms with Gasteiger partial charge in [-0.3, -0.25) is 4.79 Å². The first-order valence-corrected chi connectivity index (χ1v) is 7.49. The number of rotatable bonds is 5. The number of imidazole rings is 1. The number of anilines is 1. The van der Waals surface area contributed by atoms with E-state index >= 15 is 0 Å². The summed E-state index contributed by atoms with van der Waals surface area (Å²) >= 11 is 1.54. The summed E-state index contributed by atoms with van der Waals surface area (Å²) in [6.45, 7) is 0.573. The smallest absolute Gasteiger partial charge is 0.230 e. The topological polar surface area (TPSA) is 96.7 Å². The molecule has 2 aromatic heterocycles. The van der Waals surface area contributed by atoms with E-state index in [0.717, 1.165) is 33.8 Å². The Hall–Kier alpha value is -2.25. The van der Waals surface area contributed by atoms with Crippen molar-refractivity contribution >= 4 is 34.0 Å². The van der Waals surface area contributed by atoms with Crippen molar-refractivity contribution in [2.75, 3.05) is 11.9 Å². The third kappa shape index (κ3) is 3.26. The number of hydrogen-bond acceptors (Lipinski definition) is 5. The molecule has 6 nitrogen and oxygen atoms in total. The standard InChI is InChI=1S/C14H15N5OS/c15-4-3-14-19-10(7-21-14)6-13(20)18-9-1-2-11-12(5-9)17-8-16-11/h1-2,5,7-8H,3-4,6,15H2,(H,16,17)(H,18,20). The van der Waals surface area contributed by atoms with Crippen LogP contribution in [0.4, 0.5) is 5.69 Å². The third-order valence-corrected chi connectivity index (χ3v) is 3.96. The molecule has 0 aliphatic carbocycles. The zero-order chi connectivity index (χ0) is 14.7. The van der Waals surface area contributed by atoms with Crippen molar-refractivity contribution < 1.29 is 4.79 Å². The summed E-state index contributed by atoms with van der Waals surface area (Å²) in [6.07, 6.45) is 2.65. The van der Waals surface area contributed by atoms with Gasteiger partial charge in [-0.15, -0.1) is 11.3 Å². The molecule has 3 rings (SSSR count). The van der Waals surface area contributed by atoms with Gasteiger partial charge < -0.3 is 16.0 Å². The monoisotopic (exact) mass is 301 g/mol. The van der Waals surface area contributed by atoms with Gasteiger partial charge in [-0.05, 0) is 24.7 Å². The number of thiazole rings is 1. The molecule has 2 heterocycles. The van der Waals surface area contributed by atoms with Crippen molar-refractivity contribution in [2.45, 2.75) is 12.8 Å². The first kappa shape index (κ1) is 13.7. The van der Waals surface area contributed by atoms with E-state index in [4.69, 9.17) is 5.73 Å². The highest BCUT2D eigenvalue weighted by atomic mass is 32.1. The fourth-order valence-electron chi connectivity index (χ4n) is 2.05. The average Bonchev–Trinajstić information content (AvgIpc) is 3.08. The molecule has 0 aliphatic rings. The quantitative estimate of drug-likeness (QED) is 0.668. The van der Waals surface area contributed by atoms with Gasteiger partial charge in [0.1, 0.15) is 0 Å². The molecule has 108 valence electrons. The van der Waals surface area contributed by atoms with Crippen molar-refractivity contribution in [2.24, 2.45) is 5.73 Å². The number of carbonyl (C=O) groups is 1. The SMILES string of the molecule is NCCc1nc(CC(=O)Nc2ccc3nc[nH]c3c2)cs1. The van der Waals surface area contributed by atoms with Gasteiger partial charge in [0.15, 0.2) is 0 Å². The number of nitrogens with zero attached hydrogens (tertiary/aromatic N) is 2. The lowest BCUT2D eigenvalue weighted by Crippen LogP contribution is -2.14. The van der Waals surface area contributed by atoms with E-state index in [-0.39, 0.29) is 12.3 Å². The number of amides is 1. The van der Waals surface area contributed by atoms with Crippen LogP contribution in [0.2, 0.25) is 0 Å². The van der Waals surface area contributed by atoms with E-state index in [2.05, 4.69) is 20.3 Å². The minimum atomic E-state index is -0.0848. The lowest BCUT2D eigenvalue weighted by atomic mass is 10.2. The van der Waals surface area contributed by atoms with Crippen molar-refractivity contribution in [3.8, 4) is 0 Å². The Balaban J connectivity index is 1.64. The molecule has 4 N–H and O–H groups in total. The molecule has 0 atom stereocenters. The Kier molecular flexibility index (Phi) is 3.94. The van der Waals surface area contributed by atoms with E-state index in [0.29, 0.717) is 6.54 Å². The molecule has 0 saturated heterocycles. The number of benzene rings is 1.